The van der Waals surface area contributed by atoms with E-state index in [0.717, 1.165) is 5.92 Å². The van der Waals surface area contributed by atoms with Crippen molar-refractivity contribution >= 4 is 11.9 Å². The molecule has 1 heterocycles. The molecule has 2 N–H and O–H groups in total. The molecule has 0 saturated heterocycles. The lowest BCUT2D eigenvalue weighted by molar-refractivity contribution is 0.0694. The number of carbonyl (C=O) groups is 2. The van der Waals surface area contributed by atoms with Crippen molar-refractivity contribution in [1.29, 1.82) is 0 Å². The highest BCUT2D eigenvalue weighted by Crippen LogP contribution is 2.60. The van der Waals surface area contributed by atoms with E-state index in [4.69, 9.17) is 9.52 Å². The van der Waals surface area contributed by atoms with Crippen LogP contribution in [0.25, 0.3) is 0 Å². The van der Waals surface area contributed by atoms with Crippen LogP contribution in [0.5, 0.6) is 0 Å². The molecule has 20 heavy (non-hydrogen) atoms. The number of furan rings is 1. The second-order valence-corrected chi connectivity index (χ2v) is 5.93. The highest BCUT2D eigenvalue weighted by atomic mass is 16.4. The minimum atomic E-state index is -1.05. The van der Waals surface area contributed by atoms with E-state index in [9.17, 15) is 9.59 Å². The fourth-order valence-electron chi connectivity index (χ4n) is 2.91. The summed E-state index contributed by atoms with van der Waals surface area (Å²) in [5.41, 5.74) is 0.409. The third kappa shape index (κ3) is 2.32. The van der Waals surface area contributed by atoms with E-state index in [2.05, 4.69) is 5.32 Å². The van der Waals surface area contributed by atoms with Crippen molar-refractivity contribution in [3.05, 3.63) is 23.2 Å². The Kier molecular flexibility index (Phi) is 3.07. The topological polar surface area (TPSA) is 79.5 Å². The van der Waals surface area contributed by atoms with Crippen molar-refractivity contribution in [3.63, 3.8) is 0 Å². The zero-order chi connectivity index (χ0) is 14.3. The van der Waals surface area contributed by atoms with Crippen LogP contribution < -0.4 is 5.32 Å². The standard InChI is InChI=1S/C15H19NO4/c1-2-11-10(14(18)19)7-12(20-11)13(17)16-8-15(5-6-15)9-3-4-9/h7,9H,2-6,8H2,1H3,(H,16,17)(H,18,19). The lowest BCUT2D eigenvalue weighted by atomic mass is 10.0. The lowest BCUT2D eigenvalue weighted by Crippen LogP contribution is -2.30. The Morgan fingerprint density at radius 3 is 2.60 bits per heavy atom. The fourth-order valence-corrected chi connectivity index (χ4v) is 2.91. The average Bonchev–Trinajstić information content (AvgIpc) is 3.32. The molecule has 0 aliphatic heterocycles. The zero-order valence-electron chi connectivity index (χ0n) is 11.6. The number of hydrogen-bond donors (Lipinski definition) is 2. The van der Waals surface area contributed by atoms with Gasteiger partial charge in [-0.3, -0.25) is 4.79 Å². The molecule has 2 fully saturated rings. The fraction of sp³-hybridized carbons (Fsp3) is 0.600. The van der Waals surface area contributed by atoms with Gasteiger partial charge in [0.25, 0.3) is 5.91 Å². The van der Waals surface area contributed by atoms with Crippen molar-refractivity contribution in [2.45, 2.75) is 39.0 Å². The molecule has 0 radical (unpaired) electrons. The molecule has 5 nitrogen and oxygen atoms in total. The Bertz CT molecular complexity index is 552. The summed E-state index contributed by atoms with van der Waals surface area (Å²) in [5, 5.41) is 12.0. The summed E-state index contributed by atoms with van der Waals surface area (Å²) in [6.07, 6.45) is 5.40. The maximum atomic E-state index is 12.1. The van der Waals surface area contributed by atoms with Crippen molar-refractivity contribution in [1.82, 2.24) is 5.32 Å². The molecule has 0 unspecified atom stereocenters. The number of nitrogens with one attached hydrogen (secondary N) is 1. The molecule has 0 bridgehead atoms. The molecule has 1 aromatic heterocycles. The maximum Gasteiger partial charge on any atom is 0.339 e. The third-order valence-corrected chi connectivity index (χ3v) is 4.52. The summed E-state index contributed by atoms with van der Waals surface area (Å²) in [6.45, 7) is 2.49. The van der Waals surface area contributed by atoms with Crippen molar-refractivity contribution < 1.29 is 19.1 Å². The summed E-state index contributed by atoms with van der Waals surface area (Å²) in [7, 11) is 0. The van der Waals surface area contributed by atoms with Gasteiger partial charge in [0.2, 0.25) is 0 Å². The van der Waals surface area contributed by atoms with Crippen LogP contribution in [0.15, 0.2) is 10.5 Å². The van der Waals surface area contributed by atoms with E-state index < -0.39 is 5.97 Å². The molecule has 1 aromatic rings. The molecule has 5 heteroatoms. The van der Waals surface area contributed by atoms with E-state index in [1.807, 2.05) is 0 Å². The van der Waals surface area contributed by atoms with Crippen molar-refractivity contribution in [3.8, 4) is 0 Å². The first-order valence-corrected chi connectivity index (χ1v) is 7.20. The summed E-state index contributed by atoms with van der Waals surface area (Å²) in [5.74, 6) is -0.127. The van der Waals surface area contributed by atoms with Crippen LogP contribution in [0, 0.1) is 11.3 Å². The second-order valence-electron chi connectivity index (χ2n) is 5.93. The van der Waals surface area contributed by atoms with Crippen LogP contribution in [0.1, 0.15) is 59.3 Å². The number of amides is 1. The Labute approximate surface area is 117 Å². The van der Waals surface area contributed by atoms with Crippen LogP contribution in [-0.4, -0.2) is 23.5 Å². The molecule has 3 rings (SSSR count). The molecular weight excluding hydrogens is 258 g/mol. The zero-order valence-corrected chi connectivity index (χ0v) is 11.6. The molecule has 0 aromatic carbocycles. The van der Waals surface area contributed by atoms with Gasteiger partial charge < -0.3 is 14.8 Å². The smallest absolute Gasteiger partial charge is 0.339 e. The van der Waals surface area contributed by atoms with E-state index in [1.54, 1.807) is 6.92 Å². The van der Waals surface area contributed by atoms with Gasteiger partial charge in [0, 0.05) is 19.0 Å². The van der Waals surface area contributed by atoms with Crippen molar-refractivity contribution in [2.24, 2.45) is 11.3 Å². The summed E-state index contributed by atoms with van der Waals surface area (Å²) < 4.78 is 5.36. The van der Waals surface area contributed by atoms with Crippen molar-refractivity contribution in [2.75, 3.05) is 6.54 Å². The summed E-state index contributed by atoms with van der Waals surface area (Å²) in [6, 6.07) is 1.33. The molecule has 0 atom stereocenters. The number of carbonyl (C=O) groups excluding carboxylic acids is 1. The third-order valence-electron chi connectivity index (χ3n) is 4.52. The van der Waals surface area contributed by atoms with Gasteiger partial charge in [-0.1, -0.05) is 6.92 Å². The first-order valence-electron chi connectivity index (χ1n) is 7.20. The molecule has 2 aliphatic carbocycles. The lowest BCUT2D eigenvalue weighted by Gasteiger charge is -2.14. The number of aromatic carboxylic acids is 1. The van der Waals surface area contributed by atoms with Gasteiger partial charge in [0.15, 0.2) is 5.76 Å². The maximum absolute atomic E-state index is 12.1. The highest BCUT2D eigenvalue weighted by Gasteiger charge is 2.53. The monoisotopic (exact) mass is 277 g/mol. The van der Waals surface area contributed by atoms with Gasteiger partial charge in [-0.05, 0) is 37.0 Å². The predicted octanol–water partition coefficient (Wildman–Crippen LogP) is 2.46. The van der Waals surface area contributed by atoms with E-state index in [0.29, 0.717) is 24.1 Å². The van der Waals surface area contributed by atoms with Crippen LogP contribution in [0.3, 0.4) is 0 Å². The molecule has 2 saturated carbocycles. The molecule has 1 amide bonds. The minimum absolute atomic E-state index is 0.0842. The number of carboxylic acids is 1. The highest BCUT2D eigenvalue weighted by molar-refractivity contribution is 5.96. The van der Waals surface area contributed by atoms with Gasteiger partial charge in [-0.2, -0.15) is 0 Å². The Balaban J connectivity index is 1.66. The first-order chi connectivity index (χ1) is 9.55. The Hall–Kier alpha value is -1.78. The Morgan fingerprint density at radius 1 is 1.45 bits per heavy atom. The van der Waals surface area contributed by atoms with E-state index >= 15 is 0 Å². The molecule has 0 spiro atoms. The first kappa shape index (κ1) is 13.2. The number of aryl methyl sites for hydroxylation is 1. The predicted molar refractivity (Wildman–Crippen MR) is 71.8 cm³/mol. The van der Waals surface area contributed by atoms with Crippen LogP contribution in [-0.2, 0) is 6.42 Å². The van der Waals surface area contributed by atoms with Crippen LogP contribution in [0.4, 0.5) is 0 Å². The van der Waals surface area contributed by atoms with Gasteiger partial charge in [-0.25, -0.2) is 4.79 Å². The largest absolute Gasteiger partial charge is 0.478 e. The second kappa shape index (κ2) is 4.65. The summed E-state index contributed by atoms with van der Waals surface area (Å²) >= 11 is 0. The van der Waals surface area contributed by atoms with Gasteiger partial charge in [-0.15, -0.1) is 0 Å². The molecule has 2 aliphatic rings. The van der Waals surface area contributed by atoms with Gasteiger partial charge in [0.05, 0.1) is 0 Å². The van der Waals surface area contributed by atoms with Crippen LogP contribution >= 0.6 is 0 Å². The minimum Gasteiger partial charge on any atom is -0.478 e. The SMILES string of the molecule is CCc1oc(C(=O)NCC2(C3CC3)CC2)cc1C(=O)O. The Morgan fingerprint density at radius 2 is 2.15 bits per heavy atom. The molecular formula is C15H19NO4. The van der Waals surface area contributed by atoms with Gasteiger partial charge in [0.1, 0.15) is 11.3 Å². The van der Waals surface area contributed by atoms with Crippen LogP contribution in [0.2, 0.25) is 0 Å². The van der Waals surface area contributed by atoms with Gasteiger partial charge >= 0.3 is 5.97 Å². The average molecular weight is 277 g/mol. The number of hydrogen-bond acceptors (Lipinski definition) is 3. The number of carboxylic acid groups (broad SMARTS) is 1. The normalized spacial score (nSPS) is 19.6. The summed E-state index contributed by atoms with van der Waals surface area (Å²) in [4.78, 5) is 23.1. The quantitative estimate of drug-likeness (QED) is 0.837. The number of rotatable bonds is 6. The molecule has 108 valence electrons. The van der Waals surface area contributed by atoms with E-state index in [1.165, 1.54) is 31.7 Å². The van der Waals surface area contributed by atoms with E-state index in [-0.39, 0.29) is 17.2 Å².